The number of carbonyl (C=O) groups excluding carboxylic acids is 2. The summed E-state index contributed by atoms with van der Waals surface area (Å²) >= 11 is 0. The van der Waals surface area contributed by atoms with Crippen LogP contribution in [0.25, 0.3) is 16.7 Å². The first-order valence-corrected chi connectivity index (χ1v) is 22.1. The normalized spacial score (nSPS) is 20.7. The monoisotopic (exact) mass is 1000 g/mol. The van der Waals surface area contributed by atoms with E-state index in [1.165, 1.54) is 62.4 Å². The van der Waals surface area contributed by atoms with Crippen molar-refractivity contribution in [2.24, 2.45) is 29.6 Å². The van der Waals surface area contributed by atoms with Crippen LogP contribution < -0.4 is 16.4 Å². The van der Waals surface area contributed by atoms with Gasteiger partial charge in [-0.15, -0.1) is 0 Å². The number of likely N-dealkylation sites (tertiary alicyclic amines) is 2. The van der Waals surface area contributed by atoms with Crippen LogP contribution in [0.2, 0.25) is 0 Å². The fourth-order valence-corrected chi connectivity index (χ4v) is 9.13. The van der Waals surface area contributed by atoms with E-state index in [0.29, 0.717) is 18.0 Å². The highest BCUT2D eigenvalue weighted by Gasteiger charge is 2.49. The third-order valence-corrected chi connectivity index (χ3v) is 12.4. The molecule has 2 aliphatic heterocycles. The largest absolute Gasteiger partial charge is 0.417 e. The Hall–Kier alpha value is -7.07. The minimum atomic E-state index is -4.71. The zero-order valence-electron chi connectivity index (χ0n) is 38.2. The quantitative estimate of drug-likeness (QED) is 0.0602. The number of nitrogens with zero attached hydrogens (tertiary/aromatic N) is 7. The summed E-state index contributed by atoms with van der Waals surface area (Å²) in [6.07, 6.45) is -7.37. The molecule has 0 saturated carbocycles. The summed E-state index contributed by atoms with van der Waals surface area (Å²) in [6.45, 7) is -1.30. The molecule has 5 heterocycles. The maximum absolute atomic E-state index is 16.2. The number of alkyl halides is 10. The molecule has 2 aromatic carbocycles. The summed E-state index contributed by atoms with van der Waals surface area (Å²) in [5.74, 6) is -11.9. The van der Waals surface area contributed by atoms with Gasteiger partial charge >= 0.3 is 12.4 Å². The van der Waals surface area contributed by atoms with E-state index in [0.717, 1.165) is 40.1 Å². The molecule has 2 saturated heterocycles. The lowest BCUT2D eigenvalue weighted by molar-refractivity contribution is -0.148. The van der Waals surface area contributed by atoms with Crippen molar-refractivity contribution in [1.82, 2.24) is 29.5 Å². The summed E-state index contributed by atoms with van der Waals surface area (Å²) in [5.41, 5.74) is 4.00. The minimum Gasteiger partial charge on any atom is -0.394 e. The molecule has 12 nitrogen and oxygen atoms in total. The molecule has 0 aliphatic carbocycles. The molecule has 0 spiro atoms. The Bertz CT molecular complexity index is 2780. The van der Waals surface area contributed by atoms with Gasteiger partial charge in [-0.05, 0) is 59.7 Å². The summed E-state index contributed by atoms with van der Waals surface area (Å²) in [5, 5.41) is 9.96. The van der Waals surface area contributed by atoms with Gasteiger partial charge in [0.2, 0.25) is 0 Å². The standard InChI is InChI=1S/C48H47F11N10O2/c1-27-17-45(50,51)25-68(37(27)22-64-39-14-12-30(19-62-39)47(54,55)56)43(70)41(60)34(21-61-2)32-9-5-4-8-28(32)16-29-18-46(52,53)26-69(38(29)23-65-40-15-13-31(20-63-40)48(57,58)59)44(71)42-35(24-67(3)66-42)33-10-6-7-11-36(33)49/h4-15,19-21,24,27,29,37-38H,16-18,22-23,25-26,60H2,1-3H3,(H,62,64)(H,63,65)/t27-,29?,37?,38?/m1/s1. The van der Waals surface area contributed by atoms with Gasteiger partial charge in [-0.2, -0.15) is 31.4 Å². The molecule has 0 radical (unpaired) electrons. The molecule has 2 amide bonds. The number of hydrogen-bond donors (Lipinski definition) is 3. The van der Waals surface area contributed by atoms with Crippen LogP contribution in [0.3, 0.4) is 0 Å². The van der Waals surface area contributed by atoms with Crippen molar-refractivity contribution < 1.29 is 57.9 Å². The molecule has 5 aromatic rings. The second kappa shape index (κ2) is 20.3. The van der Waals surface area contributed by atoms with E-state index in [1.54, 1.807) is 18.2 Å². The van der Waals surface area contributed by atoms with Gasteiger partial charge in [0.15, 0.2) is 5.69 Å². The summed E-state index contributed by atoms with van der Waals surface area (Å²) < 4.78 is 159. The second-order valence-electron chi connectivity index (χ2n) is 17.6. The summed E-state index contributed by atoms with van der Waals surface area (Å²) in [6, 6.07) is 13.1. The predicted octanol–water partition coefficient (Wildman–Crippen LogP) is 9.23. The van der Waals surface area contributed by atoms with Gasteiger partial charge in [-0.3, -0.25) is 19.3 Å². The molecule has 3 aromatic heterocycles. The third kappa shape index (κ3) is 11.9. The first-order chi connectivity index (χ1) is 33.4. The maximum atomic E-state index is 16.2. The van der Waals surface area contributed by atoms with E-state index in [-0.39, 0.29) is 59.1 Å². The van der Waals surface area contributed by atoms with Gasteiger partial charge in [-0.1, -0.05) is 49.4 Å². The van der Waals surface area contributed by atoms with Gasteiger partial charge in [0.1, 0.15) is 23.1 Å². The van der Waals surface area contributed by atoms with E-state index in [1.807, 2.05) is 0 Å². The number of hydrogen-bond acceptors (Lipinski definition) is 9. The van der Waals surface area contributed by atoms with Crippen molar-refractivity contribution in [3.63, 3.8) is 0 Å². The van der Waals surface area contributed by atoms with Crippen molar-refractivity contribution in [2.45, 2.75) is 62.5 Å². The van der Waals surface area contributed by atoms with E-state index < -0.39 is 109 Å². The zero-order valence-corrected chi connectivity index (χ0v) is 38.2. The van der Waals surface area contributed by atoms with E-state index in [2.05, 4.69) is 30.7 Å². The topological polar surface area (TPSA) is 147 Å². The van der Waals surface area contributed by atoms with Crippen molar-refractivity contribution in [3.05, 3.63) is 131 Å². The number of nitrogens with one attached hydrogen (secondary N) is 2. The van der Waals surface area contributed by atoms with Crippen LogP contribution in [0.5, 0.6) is 0 Å². The molecule has 23 heteroatoms. The number of rotatable bonds is 13. The number of nitrogens with two attached hydrogens (primary N) is 1. The molecular weight excluding hydrogens is 958 g/mol. The lowest BCUT2D eigenvalue weighted by Crippen LogP contribution is -2.58. The number of benzene rings is 2. The molecule has 0 bridgehead atoms. The Labute approximate surface area is 399 Å². The number of aryl methyl sites for hydroxylation is 1. The molecule has 2 fully saturated rings. The Morgan fingerprint density at radius 3 is 1.93 bits per heavy atom. The number of aromatic nitrogens is 4. The van der Waals surface area contributed by atoms with Crippen molar-refractivity contribution >= 4 is 35.2 Å². The number of aliphatic imine (C=N–C) groups is 1. The number of pyridine rings is 2. The van der Waals surface area contributed by atoms with Gasteiger partial charge in [0, 0.05) is 81.5 Å². The lowest BCUT2D eigenvalue weighted by Gasteiger charge is -2.45. The number of anilines is 2. The Morgan fingerprint density at radius 2 is 1.35 bits per heavy atom. The highest BCUT2D eigenvalue weighted by molar-refractivity contribution is 6.19. The van der Waals surface area contributed by atoms with Crippen LogP contribution in [0.1, 0.15) is 52.5 Å². The first kappa shape index (κ1) is 51.8. The molecule has 3 unspecified atom stereocenters. The van der Waals surface area contributed by atoms with Crippen molar-refractivity contribution in [2.75, 3.05) is 43.9 Å². The van der Waals surface area contributed by atoms with E-state index in [4.69, 9.17) is 5.73 Å². The van der Waals surface area contributed by atoms with Crippen LogP contribution >= 0.6 is 0 Å². The van der Waals surface area contributed by atoms with Crippen LogP contribution in [-0.2, 0) is 30.6 Å². The average molecular weight is 1000 g/mol. The minimum absolute atomic E-state index is 0.00594. The van der Waals surface area contributed by atoms with Crippen LogP contribution in [0, 0.1) is 17.7 Å². The molecule has 7 rings (SSSR count). The van der Waals surface area contributed by atoms with E-state index in [9.17, 15) is 35.9 Å². The van der Waals surface area contributed by atoms with Crippen LogP contribution in [0.15, 0.2) is 102 Å². The number of carbonyl (C=O) groups is 2. The lowest BCUT2D eigenvalue weighted by atomic mass is 9.80. The van der Waals surface area contributed by atoms with E-state index >= 15 is 22.0 Å². The average Bonchev–Trinajstić information content (AvgIpc) is 3.69. The molecule has 4 N–H and O–H groups in total. The number of allylic oxidation sites excluding steroid dienone is 1. The zero-order chi connectivity index (χ0) is 51.6. The third-order valence-electron chi connectivity index (χ3n) is 12.4. The van der Waals surface area contributed by atoms with Crippen molar-refractivity contribution in [1.29, 1.82) is 0 Å². The van der Waals surface area contributed by atoms with Crippen LogP contribution in [-0.4, -0.2) is 105 Å². The second-order valence-corrected chi connectivity index (χ2v) is 17.6. The van der Waals surface area contributed by atoms with Crippen LogP contribution in [0.4, 0.5) is 59.9 Å². The van der Waals surface area contributed by atoms with Gasteiger partial charge in [0.25, 0.3) is 23.7 Å². The maximum Gasteiger partial charge on any atom is 0.417 e. The number of piperidine rings is 2. The first-order valence-electron chi connectivity index (χ1n) is 22.1. The fourth-order valence-electron chi connectivity index (χ4n) is 9.13. The number of amides is 2. The summed E-state index contributed by atoms with van der Waals surface area (Å²) in [7, 11) is 2.80. The molecule has 378 valence electrons. The Kier molecular flexibility index (Phi) is 14.8. The Balaban J connectivity index is 1.25. The highest BCUT2D eigenvalue weighted by atomic mass is 19.4. The Morgan fingerprint density at radius 1 is 0.789 bits per heavy atom. The van der Waals surface area contributed by atoms with Gasteiger partial charge in [0.05, 0.1) is 36.3 Å². The molecule has 71 heavy (non-hydrogen) atoms. The SMILES string of the molecule is CN=CC(=C(N)C(=O)N1CC(F)(F)C[C@@H](C)C1CNc1ccc(C(F)(F)F)cn1)c1ccccc1CC1CC(F)(F)CN(C(=O)c2nn(C)cc2-c2ccccc2F)C1CNc1ccc(C(F)(F)F)cn1. The van der Waals surface area contributed by atoms with Crippen molar-refractivity contribution in [3.8, 4) is 11.1 Å². The van der Waals surface area contributed by atoms with Gasteiger partial charge in [-0.25, -0.2) is 31.9 Å². The molecule has 2 aliphatic rings. The molecule has 4 atom stereocenters. The highest BCUT2D eigenvalue weighted by Crippen LogP contribution is 2.41. The predicted molar refractivity (Wildman–Crippen MR) is 242 cm³/mol. The fraction of sp³-hybridized carbons (Fsp3) is 0.375. The molecular formula is C48H47F11N10O2. The number of halogens is 11. The summed E-state index contributed by atoms with van der Waals surface area (Å²) in [4.78, 5) is 42.6. The smallest absolute Gasteiger partial charge is 0.394 e. The van der Waals surface area contributed by atoms with Gasteiger partial charge < -0.3 is 26.2 Å².